The van der Waals surface area contributed by atoms with Crippen molar-refractivity contribution in [3.63, 3.8) is 0 Å². The van der Waals surface area contributed by atoms with Crippen LogP contribution in [0.25, 0.3) is 11.3 Å². The van der Waals surface area contributed by atoms with Crippen LogP contribution in [0.15, 0.2) is 94.6 Å². The predicted molar refractivity (Wildman–Crippen MR) is 118 cm³/mol. The molecule has 1 aromatic heterocycles. The van der Waals surface area contributed by atoms with Gasteiger partial charge in [-0.05, 0) is 29.8 Å². The van der Waals surface area contributed by atoms with Gasteiger partial charge in [0.25, 0.3) is 0 Å². The van der Waals surface area contributed by atoms with E-state index >= 15 is 0 Å². The van der Waals surface area contributed by atoms with Gasteiger partial charge in [-0.25, -0.2) is 9.37 Å². The summed E-state index contributed by atoms with van der Waals surface area (Å²) >= 11 is 2.92. The van der Waals surface area contributed by atoms with Gasteiger partial charge in [-0.2, -0.15) is 0 Å². The lowest BCUT2D eigenvalue weighted by atomic mass is 10.1. The van der Waals surface area contributed by atoms with Crippen molar-refractivity contribution in [3.05, 3.63) is 102 Å². The van der Waals surface area contributed by atoms with Crippen molar-refractivity contribution < 1.29 is 9.18 Å². The number of hydrogen-bond acceptors (Lipinski definition) is 4. The third-order valence-electron chi connectivity index (χ3n) is 4.22. The van der Waals surface area contributed by atoms with Crippen LogP contribution in [-0.2, 0) is 4.79 Å². The summed E-state index contributed by atoms with van der Waals surface area (Å²) in [6.07, 6.45) is 0. The minimum atomic E-state index is -0.476. The number of carbonyl (C=O) groups is 1. The van der Waals surface area contributed by atoms with E-state index in [9.17, 15) is 9.18 Å². The minimum absolute atomic E-state index is 0.177. The second-order valence-electron chi connectivity index (χ2n) is 6.27. The van der Waals surface area contributed by atoms with Crippen LogP contribution >= 0.6 is 23.1 Å². The van der Waals surface area contributed by atoms with Gasteiger partial charge in [0.2, 0.25) is 5.91 Å². The number of nitrogens with one attached hydrogen (secondary N) is 1. The quantitative estimate of drug-likeness (QED) is 0.366. The first kappa shape index (κ1) is 19.4. The number of rotatable bonds is 6. The molecule has 29 heavy (non-hydrogen) atoms. The van der Waals surface area contributed by atoms with Crippen LogP contribution in [0.5, 0.6) is 0 Å². The molecule has 0 bridgehead atoms. The molecule has 4 rings (SSSR count). The highest BCUT2D eigenvalue weighted by Crippen LogP contribution is 2.39. The highest BCUT2D eigenvalue weighted by molar-refractivity contribution is 8.01. The van der Waals surface area contributed by atoms with Crippen LogP contribution < -0.4 is 5.32 Å². The van der Waals surface area contributed by atoms with E-state index in [1.54, 1.807) is 12.1 Å². The molecule has 1 heterocycles. The number of hydrogen-bond donors (Lipinski definition) is 1. The van der Waals surface area contributed by atoms with Gasteiger partial charge in [0.15, 0.2) is 4.34 Å². The number of carbonyl (C=O) groups excluding carboxylic acids is 1. The summed E-state index contributed by atoms with van der Waals surface area (Å²) in [6, 6.07) is 25.3. The number of aromatic nitrogens is 1. The molecule has 0 aliphatic rings. The van der Waals surface area contributed by atoms with Crippen molar-refractivity contribution in [3.8, 4) is 11.3 Å². The smallest absolute Gasteiger partial charge is 0.242 e. The van der Waals surface area contributed by atoms with Crippen LogP contribution in [0.4, 0.5) is 10.1 Å². The maximum atomic E-state index is 13.2. The fourth-order valence-corrected chi connectivity index (χ4v) is 4.81. The average Bonchev–Trinajstić information content (AvgIpc) is 3.24. The van der Waals surface area contributed by atoms with Gasteiger partial charge in [0.1, 0.15) is 11.1 Å². The molecule has 1 unspecified atom stereocenters. The normalized spacial score (nSPS) is 11.8. The standard InChI is InChI=1S/C23H17FN2OS2/c24-18-11-13-19(14-12-18)25-22(27)21(17-9-5-2-6-10-17)29-23-26-20(15-28-23)16-7-3-1-4-8-16/h1-15,21H,(H,25,27). The lowest BCUT2D eigenvalue weighted by Crippen LogP contribution is -2.19. The Morgan fingerprint density at radius 1 is 0.931 bits per heavy atom. The molecule has 3 aromatic carbocycles. The predicted octanol–water partition coefficient (Wildman–Crippen LogP) is 6.42. The highest BCUT2D eigenvalue weighted by Gasteiger charge is 2.24. The fourth-order valence-electron chi connectivity index (χ4n) is 2.80. The highest BCUT2D eigenvalue weighted by atomic mass is 32.2. The SMILES string of the molecule is O=C(Nc1ccc(F)cc1)C(Sc1nc(-c2ccccc2)cs1)c1ccccc1. The van der Waals surface area contributed by atoms with E-state index in [0.29, 0.717) is 5.69 Å². The number of benzene rings is 3. The first-order valence-corrected chi connectivity index (χ1v) is 10.7. The van der Waals surface area contributed by atoms with Gasteiger partial charge in [-0.15, -0.1) is 11.3 Å². The van der Waals surface area contributed by atoms with E-state index in [2.05, 4.69) is 5.32 Å². The van der Waals surface area contributed by atoms with Crippen LogP contribution in [0.3, 0.4) is 0 Å². The van der Waals surface area contributed by atoms with E-state index in [4.69, 9.17) is 4.98 Å². The van der Waals surface area contributed by atoms with Crippen LogP contribution in [0.1, 0.15) is 10.8 Å². The molecular formula is C23H17FN2OS2. The first-order valence-electron chi connectivity index (χ1n) is 8.98. The Balaban J connectivity index is 1.57. The zero-order valence-corrected chi connectivity index (χ0v) is 16.9. The maximum absolute atomic E-state index is 13.2. The maximum Gasteiger partial charge on any atom is 0.242 e. The van der Waals surface area contributed by atoms with Crippen molar-refractivity contribution >= 4 is 34.7 Å². The Labute approximate surface area is 176 Å². The number of amides is 1. The average molecular weight is 421 g/mol. The Hall–Kier alpha value is -2.96. The monoisotopic (exact) mass is 420 g/mol. The molecule has 0 spiro atoms. The number of halogens is 1. The second kappa shape index (κ2) is 9.03. The molecule has 0 saturated carbocycles. The summed E-state index contributed by atoms with van der Waals surface area (Å²) in [4.78, 5) is 17.7. The van der Waals surface area contributed by atoms with Crippen LogP contribution in [-0.4, -0.2) is 10.9 Å². The topological polar surface area (TPSA) is 42.0 Å². The van der Waals surface area contributed by atoms with Gasteiger partial charge in [-0.1, -0.05) is 72.4 Å². The molecule has 0 radical (unpaired) electrons. The van der Waals surface area contributed by atoms with Crippen molar-refractivity contribution in [2.45, 2.75) is 9.59 Å². The summed E-state index contributed by atoms with van der Waals surface area (Å²) in [7, 11) is 0. The number of thioether (sulfide) groups is 1. The summed E-state index contributed by atoms with van der Waals surface area (Å²) in [5.74, 6) is -0.516. The van der Waals surface area contributed by atoms with Crippen molar-refractivity contribution in [2.75, 3.05) is 5.32 Å². The molecule has 0 aliphatic carbocycles. The summed E-state index contributed by atoms with van der Waals surface area (Å²) < 4.78 is 14.0. The van der Waals surface area contributed by atoms with Gasteiger partial charge in [0.05, 0.1) is 5.69 Å². The first-order chi connectivity index (χ1) is 14.2. The number of anilines is 1. The van der Waals surface area contributed by atoms with Crippen molar-refractivity contribution in [1.29, 1.82) is 0 Å². The number of nitrogens with zero attached hydrogens (tertiary/aromatic N) is 1. The summed E-state index contributed by atoms with van der Waals surface area (Å²) in [5, 5.41) is 4.40. The molecule has 6 heteroatoms. The molecule has 1 atom stereocenters. The van der Waals surface area contributed by atoms with E-state index in [0.717, 1.165) is 21.2 Å². The third kappa shape index (κ3) is 4.91. The molecule has 3 nitrogen and oxygen atoms in total. The summed E-state index contributed by atoms with van der Waals surface area (Å²) in [5.41, 5.74) is 3.38. The molecule has 1 amide bonds. The van der Waals surface area contributed by atoms with Gasteiger partial charge in [0, 0.05) is 16.6 Å². The Morgan fingerprint density at radius 3 is 2.28 bits per heavy atom. The molecule has 0 fully saturated rings. The zero-order valence-electron chi connectivity index (χ0n) is 15.3. The van der Waals surface area contributed by atoms with E-state index in [-0.39, 0.29) is 11.7 Å². The third-order valence-corrected chi connectivity index (χ3v) is 6.45. The number of thiazole rings is 1. The van der Waals surface area contributed by atoms with Gasteiger partial charge >= 0.3 is 0 Å². The van der Waals surface area contributed by atoms with E-state index in [1.807, 2.05) is 66.0 Å². The van der Waals surface area contributed by atoms with Gasteiger partial charge < -0.3 is 5.32 Å². The molecule has 0 saturated heterocycles. The Bertz CT molecular complexity index is 1080. The lowest BCUT2D eigenvalue weighted by molar-refractivity contribution is -0.115. The second-order valence-corrected chi connectivity index (χ2v) is 8.48. The minimum Gasteiger partial charge on any atom is -0.325 e. The molecule has 1 N–H and O–H groups in total. The van der Waals surface area contributed by atoms with E-state index < -0.39 is 5.25 Å². The Morgan fingerprint density at radius 2 is 1.59 bits per heavy atom. The largest absolute Gasteiger partial charge is 0.325 e. The molecular weight excluding hydrogens is 403 g/mol. The fraction of sp³-hybridized carbons (Fsp3) is 0.0435. The van der Waals surface area contributed by atoms with Crippen molar-refractivity contribution in [1.82, 2.24) is 4.98 Å². The molecule has 4 aromatic rings. The summed E-state index contributed by atoms with van der Waals surface area (Å²) in [6.45, 7) is 0. The Kier molecular flexibility index (Phi) is 6.03. The lowest BCUT2D eigenvalue weighted by Gasteiger charge is -2.16. The van der Waals surface area contributed by atoms with Crippen LogP contribution in [0, 0.1) is 5.82 Å². The van der Waals surface area contributed by atoms with Crippen molar-refractivity contribution in [2.24, 2.45) is 0 Å². The van der Waals surface area contributed by atoms with E-state index in [1.165, 1.54) is 35.2 Å². The van der Waals surface area contributed by atoms with Crippen LogP contribution in [0.2, 0.25) is 0 Å². The molecule has 0 aliphatic heterocycles. The molecule has 144 valence electrons. The van der Waals surface area contributed by atoms with Gasteiger partial charge in [-0.3, -0.25) is 4.79 Å². The zero-order chi connectivity index (χ0) is 20.1.